The maximum absolute atomic E-state index is 14.1. The second-order valence-electron chi connectivity index (χ2n) is 4.60. The fourth-order valence-corrected chi connectivity index (χ4v) is 2.39. The Hall–Kier alpha value is -1.35. The summed E-state index contributed by atoms with van der Waals surface area (Å²) in [7, 11) is 0. The van der Waals surface area contributed by atoms with Gasteiger partial charge in [-0.3, -0.25) is 0 Å². The van der Waals surface area contributed by atoms with Crippen LogP contribution in [0.15, 0.2) is 12.1 Å². The molecule has 19 heavy (non-hydrogen) atoms. The molecule has 0 saturated carbocycles. The van der Waals surface area contributed by atoms with Gasteiger partial charge in [-0.05, 0) is 37.5 Å². The molecule has 0 radical (unpaired) electrons. The van der Waals surface area contributed by atoms with Crippen molar-refractivity contribution >= 4 is 28.2 Å². The second kappa shape index (κ2) is 5.74. The van der Waals surface area contributed by atoms with Crippen LogP contribution >= 0.6 is 11.6 Å². The summed E-state index contributed by atoms with van der Waals surface area (Å²) in [5.74, 6) is -0.437. The number of fused-ring (bicyclic) bond motifs is 1. The first kappa shape index (κ1) is 14.1. The van der Waals surface area contributed by atoms with Crippen molar-refractivity contribution in [2.45, 2.75) is 33.6 Å². The minimum Gasteiger partial charge on any atom is -0.384 e. The molecule has 1 heterocycles. The molecule has 0 atom stereocenters. The van der Waals surface area contributed by atoms with Crippen LogP contribution in [0.5, 0.6) is 0 Å². The number of halogens is 2. The number of aryl methyl sites for hydroxylation is 1. The van der Waals surface area contributed by atoms with E-state index in [0.29, 0.717) is 5.52 Å². The van der Waals surface area contributed by atoms with Crippen molar-refractivity contribution in [3.05, 3.63) is 34.2 Å². The summed E-state index contributed by atoms with van der Waals surface area (Å²) in [5.41, 5.74) is 3.32. The lowest BCUT2D eigenvalue weighted by Crippen LogP contribution is -2.06. The SMILES string of the molecule is CCCNc1c(C)c(CC)nc2c(F)c(Cl)ccc12. The number of nitrogens with one attached hydrogen (secondary N) is 1. The quantitative estimate of drug-likeness (QED) is 0.876. The largest absolute Gasteiger partial charge is 0.384 e. The zero-order valence-electron chi connectivity index (χ0n) is 11.5. The average molecular weight is 281 g/mol. The Labute approximate surface area is 118 Å². The standard InChI is InChI=1S/C15H18ClFN2/c1-4-8-18-14-9(3)12(5-2)19-15-10(14)6-7-11(16)13(15)17/h6-7H,4-5,8H2,1-3H3,(H,18,19). The molecule has 2 rings (SSSR count). The van der Waals surface area contributed by atoms with Gasteiger partial charge in [0.2, 0.25) is 0 Å². The Morgan fingerprint density at radius 2 is 2.05 bits per heavy atom. The molecular formula is C15H18ClFN2. The predicted octanol–water partition coefficient (Wildman–Crippen LogP) is 4.72. The van der Waals surface area contributed by atoms with Crippen molar-refractivity contribution in [3.63, 3.8) is 0 Å². The van der Waals surface area contributed by atoms with Gasteiger partial charge >= 0.3 is 0 Å². The molecule has 1 N–H and O–H groups in total. The van der Waals surface area contributed by atoms with Gasteiger partial charge in [0.1, 0.15) is 5.52 Å². The Kier molecular flexibility index (Phi) is 4.25. The summed E-state index contributed by atoms with van der Waals surface area (Å²) in [5, 5.41) is 4.29. The molecule has 0 fully saturated rings. The molecule has 4 heteroatoms. The molecule has 0 amide bonds. The van der Waals surface area contributed by atoms with Crippen LogP contribution in [0.3, 0.4) is 0 Å². The van der Waals surface area contributed by atoms with Crippen LogP contribution in [0, 0.1) is 12.7 Å². The summed E-state index contributed by atoms with van der Waals surface area (Å²) >= 11 is 5.84. The molecular weight excluding hydrogens is 263 g/mol. The molecule has 2 nitrogen and oxygen atoms in total. The van der Waals surface area contributed by atoms with Crippen LogP contribution < -0.4 is 5.32 Å². The highest BCUT2D eigenvalue weighted by atomic mass is 35.5. The van der Waals surface area contributed by atoms with Gasteiger partial charge in [0.05, 0.1) is 5.02 Å². The van der Waals surface area contributed by atoms with E-state index in [9.17, 15) is 4.39 Å². The van der Waals surface area contributed by atoms with Gasteiger partial charge in [0.15, 0.2) is 5.82 Å². The van der Waals surface area contributed by atoms with Gasteiger partial charge in [0.25, 0.3) is 0 Å². The molecule has 2 aromatic rings. The maximum Gasteiger partial charge on any atom is 0.168 e. The number of hydrogen-bond donors (Lipinski definition) is 1. The van der Waals surface area contributed by atoms with E-state index >= 15 is 0 Å². The van der Waals surface area contributed by atoms with Crippen molar-refractivity contribution in [3.8, 4) is 0 Å². The molecule has 1 aromatic carbocycles. The van der Waals surface area contributed by atoms with Gasteiger partial charge in [-0.15, -0.1) is 0 Å². The molecule has 1 aromatic heterocycles. The Morgan fingerprint density at radius 1 is 1.32 bits per heavy atom. The molecule has 0 spiro atoms. The number of pyridine rings is 1. The first-order valence-electron chi connectivity index (χ1n) is 6.61. The highest BCUT2D eigenvalue weighted by molar-refractivity contribution is 6.31. The molecule has 0 aliphatic heterocycles. The van der Waals surface area contributed by atoms with Crippen LogP contribution in [0.4, 0.5) is 10.1 Å². The van der Waals surface area contributed by atoms with E-state index in [2.05, 4.69) is 17.2 Å². The van der Waals surface area contributed by atoms with Crippen molar-refractivity contribution in [2.75, 3.05) is 11.9 Å². The molecule has 102 valence electrons. The summed E-state index contributed by atoms with van der Waals surface area (Å²) < 4.78 is 14.1. The highest BCUT2D eigenvalue weighted by Crippen LogP contribution is 2.32. The normalized spacial score (nSPS) is 11.0. The molecule has 0 aliphatic carbocycles. The minimum atomic E-state index is -0.437. The fraction of sp³-hybridized carbons (Fsp3) is 0.400. The van der Waals surface area contributed by atoms with Crippen LogP contribution in [-0.2, 0) is 6.42 Å². The fourth-order valence-electron chi connectivity index (χ4n) is 2.24. The van der Waals surface area contributed by atoms with Gasteiger partial charge in [-0.1, -0.05) is 25.4 Å². The molecule has 0 unspecified atom stereocenters. The Bertz CT molecular complexity index is 611. The van der Waals surface area contributed by atoms with E-state index in [-0.39, 0.29) is 5.02 Å². The number of aromatic nitrogens is 1. The summed E-state index contributed by atoms with van der Waals surface area (Å²) in [6.07, 6.45) is 1.79. The molecule has 0 aliphatic rings. The summed E-state index contributed by atoms with van der Waals surface area (Å²) in [6.45, 7) is 7.00. The number of rotatable bonds is 4. The summed E-state index contributed by atoms with van der Waals surface area (Å²) in [4.78, 5) is 4.42. The summed E-state index contributed by atoms with van der Waals surface area (Å²) in [6, 6.07) is 3.42. The van der Waals surface area contributed by atoms with E-state index in [1.54, 1.807) is 6.07 Å². The monoisotopic (exact) mass is 280 g/mol. The smallest absolute Gasteiger partial charge is 0.168 e. The average Bonchev–Trinajstić information content (AvgIpc) is 2.41. The second-order valence-corrected chi connectivity index (χ2v) is 5.00. The van der Waals surface area contributed by atoms with Crippen LogP contribution in [-0.4, -0.2) is 11.5 Å². The van der Waals surface area contributed by atoms with Gasteiger partial charge < -0.3 is 5.32 Å². The van der Waals surface area contributed by atoms with Gasteiger partial charge in [0, 0.05) is 23.3 Å². The highest BCUT2D eigenvalue weighted by Gasteiger charge is 2.15. The zero-order chi connectivity index (χ0) is 14.0. The van der Waals surface area contributed by atoms with Crippen molar-refractivity contribution < 1.29 is 4.39 Å². The van der Waals surface area contributed by atoms with E-state index in [1.807, 2.05) is 19.9 Å². The van der Waals surface area contributed by atoms with Gasteiger partial charge in [-0.25, -0.2) is 9.37 Å². The third-order valence-corrected chi connectivity index (χ3v) is 3.57. The van der Waals surface area contributed by atoms with Crippen molar-refractivity contribution in [1.29, 1.82) is 0 Å². The Morgan fingerprint density at radius 3 is 2.68 bits per heavy atom. The molecule has 0 saturated heterocycles. The van der Waals surface area contributed by atoms with Crippen LogP contribution in [0.2, 0.25) is 5.02 Å². The number of benzene rings is 1. The number of anilines is 1. The maximum atomic E-state index is 14.1. The number of nitrogens with zero attached hydrogens (tertiary/aromatic N) is 1. The Balaban J connectivity index is 2.75. The van der Waals surface area contributed by atoms with Crippen molar-refractivity contribution in [1.82, 2.24) is 4.98 Å². The number of hydrogen-bond acceptors (Lipinski definition) is 2. The van der Waals surface area contributed by atoms with Crippen molar-refractivity contribution in [2.24, 2.45) is 0 Å². The topological polar surface area (TPSA) is 24.9 Å². The van der Waals surface area contributed by atoms with Crippen LogP contribution in [0.25, 0.3) is 10.9 Å². The minimum absolute atomic E-state index is 0.118. The predicted molar refractivity (Wildman–Crippen MR) is 79.6 cm³/mol. The van der Waals surface area contributed by atoms with E-state index in [1.165, 1.54) is 0 Å². The third kappa shape index (κ3) is 2.52. The van der Waals surface area contributed by atoms with E-state index in [0.717, 1.165) is 41.7 Å². The third-order valence-electron chi connectivity index (χ3n) is 3.28. The van der Waals surface area contributed by atoms with Gasteiger partial charge in [-0.2, -0.15) is 0 Å². The first-order chi connectivity index (χ1) is 9.10. The lowest BCUT2D eigenvalue weighted by molar-refractivity contribution is 0.636. The first-order valence-corrected chi connectivity index (χ1v) is 6.99. The van der Waals surface area contributed by atoms with Crippen LogP contribution in [0.1, 0.15) is 31.5 Å². The van der Waals surface area contributed by atoms with E-state index < -0.39 is 5.82 Å². The zero-order valence-corrected chi connectivity index (χ0v) is 12.2. The lowest BCUT2D eigenvalue weighted by Gasteiger charge is -2.15. The van der Waals surface area contributed by atoms with E-state index in [4.69, 9.17) is 11.6 Å². The molecule has 0 bridgehead atoms. The lowest BCUT2D eigenvalue weighted by atomic mass is 10.0.